The highest BCUT2D eigenvalue weighted by atomic mass is 31.2. The molecule has 0 aromatic heterocycles. The summed E-state index contributed by atoms with van der Waals surface area (Å²) in [6.07, 6.45) is 107. The number of phosphoric ester groups is 1. The summed E-state index contributed by atoms with van der Waals surface area (Å²) in [5.41, 5.74) is 5.39. The van der Waals surface area contributed by atoms with Crippen molar-refractivity contribution < 1.29 is 37.6 Å². The van der Waals surface area contributed by atoms with Crippen LogP contribution in [0, 0.1) is 0 Å². The lowest BCUT2D eigenvalue weighted by Gasteiger charge is -2.19. The van der Waals surface area contributed by atoms with Gasteiger partial charge in [0.25, 0.3) is 0 Å². The maximum atomic E-state index is 12.7. The molecule has 0 aliphatic rings. The van der Waals surface area contributed by atoms with Crippen LogP contribution in [0.3, 0.4) is 0 Å². The van der Waals surface area contributed by atoms with Crippen LogP contribution >= 0.6 is 7.82 Å². The van der Waals surface area contributed by atoms with Gasteiger partial charge in [0, 0.05) is 19.4 Å². The van der Waals surface area contributed by atoms with Gasteiger partial charge >= 0.3 is 19.8 Å². The molecule has 0 aromatic carbocycles. The summed E-state index contributed by atoms with van der Waals surface area (Å²) in [5.74, 6) is -0.909. The Labute approximate surface area is 532 Å². The van der Waals surface area contributed by atoms with E-state index < -0.39 is 32.5 Å². The molecular weight excluding hydrogens is 1100 g/mol. The number of carbonyl (C=O) groups excluding carboxylic acids is 2. The molecule has 2 atom stereocenters. The first-order valence-corrected chi connectivity index (χ1v) is 35.4. The van der Waals surface area contributed by atoms with Crippen molar-refractivity contribution in [1.29, 1.82) is 0 Å². The van der Waals surface area contributed by atoms with E-state index in [0.29, 0.717) is 19.3 Å². The Balaban J connectivity index is 4.03. The standard InChI is InChI=1S/C77H122NO8P/c1-3-5-7-9-11-13-15-17-19-21-23-25-27-29-31-33-34-35-36-37-38-39-40-42-43-45-47-49-51-53-55-57-59-61-63-65-67-69-76(79)83-73-75(74-85-87(81,82)84-72-71-78)86-77(80)70-68-66-64-62-60-58-56-54-52-50-48-46-44-41-32-30-28-26-24-22-20-18-16-14-12-10-8-6-4-2/h5-8,11-14,17-20,23-26,29-32,34-35,37-38,44,46,50,52,56,58,62,64,75H,3-4,9-10,15-16,21-22,27-28,33,36,39-43,45,47-49,51,53-55,57,59-61,63,65-74,78H2,1-2H3,(H,81,82)/b7-5-,8-6-,13-11-,14-12-,19-17-,20-18-,25-23-,26-24-,31-29-,32-30-,35-34-,38-37-,46-44-,52-50-,58-56-,64-62-. The molecule has 9 nitrogen and oxygen atoms in total. The Morgan fingerprint density at radius 1 is 0.345 bits per heavy atom. The number of carbonyl (C=O) groups is 2. The summed E-state index contributed by atoms with van der Waals surface area (Å²) in [6.45, 7) is 3.43. The van der Waals surface area contributed by atoms with Crippen molar-refractivity contribution in [2.75, 3.05) is 26.4 Å². The van der Waals surface area contributed by atoms with Gasteiger partial charge in [-0.05, 0) is 135 Å². The van der Waals surface area contributed by atoms with E-state index in [9.17, 15) is 19.0 Å². The normalized spacial score (nSPS) is 14.2. The maximum absolute atomic E-state index is 12.7. The molecule has 0 spiro atoms. The molecule has 0 bridgehead atoms. The summed E-state index contributed by atoms with van der Waals surface area (Å²) >= 11 is 0. The number of unbranched alkanes of at least 4 members (excludes halogenated alkanes) is 16. The quantitative estimate of drug-likeness (QED) is 0.0264. The van der Waals surface area contributed by atoms with Crippen LogP contribution in [0.5, 0.6) is 0 Å². The minimum absolute atomic E-state index is 0.0344. The highest BCUT2D eigenvalue weighted by Crippen LogP contribution is 2.43. The topological polar surface area (TPSA) is 134 Å². The molecule has 0 heterocycles. The van der Waals surface area contributed by atoms with Gasteiger partial charge in [-0.2, -0.15) is 0 Å². The summed E-state index contributed by atoms with van der Waals surface area (Å²) < 4.78 is 33.1. The number of esters is 2. The third-order valence-electron chi connectivity index (χ3n) is 13.5. The van der Waals surface area contributed by atoms with E-state index in [4.69, 9.17) is 24.3 Å². The predicted molar refractivity (Wildman–Crippen MR) is 375 cm³/mol. The van der Waals surface area contributed by atoms with Crippen molar-refractivity contribution in [3.63, 3.8) is 0 Å². The lowest BCUT2D eigenvalue weighted by Crippen LogP contribution is -2.29. The third kappa shape index (κ3) is 69.8. The molecule has 0 radical (unpaired) electrons. The van der Waals surface area contributed by atoms with Crippen molar-refractivity contribution in [3.8, 4) is 0 Å². The average molecular weight is 1220 g/mol. The van der Waals surface area contributed by atoms with E-state index in [0.717, 1.165) is 122 Å². The van der Waals surface area contributed by atoms with Crippen LogP contribution in [0.4, 0.5) is 0 Å². The molecule has 0 aromatic rings. The fourth-order valence-electron chi connectivity index (χ4n) is 8.56. The number of allylic oxidation sites excluding steroid dienone is 32. The molecule has 3 N–H and O–H groups in total. The molecule has 0 aliphatic carbocycles. The second kappa shape index (κ2) is 69.9. The van der Waals surface area contributed by atoms with Crippen molar-refractivity contribution in [1.82, 2.24) is 0 Å². The van der Waals surface area contributed by atoms with Crippen LogP contribution in [0.1, 0.15) is 245 Å². The molecule has 0 saturated carbocycles. The van der Waals surface area contributed by atoms with Gasteiger partial charge in [0.05, 0.1) is 13.2 Å². The average Bonchev–Trinajstić information content (AvgIpc) is 3.63. The zero-order chi connectivity index (χ0) is 63.0. The second-order valence-corrected chi connectivity index (χ2v) is 23.0. The van der Waals surface area contributed by atoms with Crippen molar-refractivity contribution in [3.05, 3.63) is 194 Å². The minimum Gasteiger partial charge on any atom is -0.462 e. The molecule has 0 amide bonds. The van der Waals surface area contributed by atoms with E-state index in [2.05, 4.69) is 202 Å². The number of hydrogen-bond acceptors (Lipinski definition) is 8. The van der Waals surface area contributed by atoms with E-state index in [1.165, 1.54) is 77.0 Å². The molecule has 0 fully saturated rings. The third-order valence-corrected chi connectivity index (χ3v) is 14.5. The van der Waals surface area contributed by atoms with Crippen LogP contribution < -0.4 is 5.73 Å². The summed E-state index contributed by atoms with van der Waals surface area (Å²) in [4.78, 5) is 35.3. The zero-order valence-corrected chi connectivity index (χ0v) is 55.6. The second-order valence-electron chi connectivity index (χ2n) is 21.6. The van der Waals surface area contributed by atoms with Gasteiger partial charge < -0.3 is 20.1 Å². The van der Waals surface area contributed by atoms with E-state index in [1.807, 2.05) is 6.08 Å². The Bertz CT molecular complexity index is 2130. The Morgan fingerprint density at radius 3 is 0.920 bits per heavy atom. The number of hydrogen-bond donors (Lipinski definition) is 2. The smallest absolute Gasteiger partial charge is 0.462 e. The number of ether oxygens (including phenoxy) is 2. The number of rotatable bonds is 61. The molecule has 10 heteroatoms. The van der Waals surface area contributed by atoms with E-state index >= 15 is 0 Å². The first-order chi connectivity index (χ1) is 42.8. The number of nitrogens with two attached hydrogens (primary N) is 1. The largest absolute Gasteiger partial charge is 0.472 e. The molecule has 87 heavy (non-hydrogen) atoms. The molecule has 2 unspecified atom stereocenters. The van der Waals surface area contributed by atoms with Crippen molar-refractivity contribution in [2.24, 2.45) is 5.73 Å². The van der Waals surface area contributed by atoms with Gasteiger partial charge in [-0.1, -0.05) is 292 Å². The van der Waals surface area contributed by atoms with Crippen LogP contribution in [-0.2, 0) is 32.7 Å². The highest BCUT2D eigenvalue weighted by Gasteiger charge is 2.26. The Morgan fingerprint density at radius 2 is 0.609 bits per heavy atom. The van der Waals surface area contributed by atoms with Crippen LogP contribution in [0.25, 0.3) is 0 Å². The first-order valence-electron chi connectivity index (χ1n) is 33.9. The lowest BCUT2D eigenvalue weighted by molar-refractivity contribution is -0.161. The molecular formula is C77H122NO8P. The summed E-state index contributed by atoms with van der Waals surface area (Å²) in [5, 5.41) is 0. The van der Waals surface area contributed by atoms with Gasteiger partial charge in [-0.25, -0.2) is 4.57 Å². The molecule has 0 rings (SSSR count). The fraction of sp³-hybridized carbons (Fsp3) is 0.558. The monoisotopic (exact) mass is 1220 g/mol. The molecule has 488 valence electrons. The Kier molecular flexibility index (Phi) is 65.8. The fourth-order valence-corrected chi connectivity index (χ4v) is 9.32. The van der Waals surface area contributed by atoms with Crippen LogP contribution in [0.15, 0.2) is 194 Å². The van der Waals surface area contributed by atoms with Gasteiger partial charge in [0.15, 0.2) is 6.10 Å². The zero-order valence-electron chi connectivity index (χ0n) is 54.7. The van der Waals surface area contributed by atoms with Crippen molar-refractivity contribution >= 4 is 19.8 Å². The summed E-state index contributed by atoms with van der Waals surface area (Å²) in [7, 11) is -4.42. The van der Waals surface area contributed by atoms with Gasteiger partial charge in [-0.3, -0.25) is 18.6 Å². The highest BCUT2D eigenvalue weighted by molar-refractivity contribution is 7.47. The van der Waals surface area contributed by atoms with Crippen LogP contribution in [0.2, 0.25) is 0 Å². The SMILES string of the molecule is CC/C=C\C/C=C\C/C=C\C/C=C\C/C=C\C/C=C\C/C=C\C/C=C\C/C=C\CCCC(=O)OC(COC(=O)CCCCCCCCCCCCCCCCC/C=C\C/C=C\C/C=C\C/C=C\C/C=C\C/C=C\C/C=C\CC)COP(=O)(O)OCCN. The van der Waals surface area contributed by atoms with Gasteiger partial charge in [-0.15, -0.1) is 0 Å². The first kappa shape index (κ1) is 81.8. The summed E-state index contributed by atoms with van der Waals surface area (Å²) in [6, 6.07) is 0. The van der Waals surface area contributed by atoms with E-state index in [1.54, 1.807) is 0 Å². The maximum Gasteiger partial charge on any atom is 0.472 e. The van der Waals surface area contributed by atoms with Crippen molar-refractivity contribution in [2.45, 2.75) is 251 Å². The lowest BCUT2D eigenvalue weighted by atomic mass is 10.0. The number of phosphoric acid groups is 1. The van der Waals surface area contributed by atoms with Gasteiger partial charge in [0.1, 0.15) is 6.61 Å². The minimum atomic E-state index is -4.42. The predicted octanol–water partition coefficient (Wildman–Crippen LogP) is 22.5. The van der Waals surface area contributed by atoms with Crippen LogP contribution in [-0.4, -0.2) is 49.3 Å². The molecule has 0 saturated heterocycles. The van der Waals surface area contributed by atoms with E-state index in [-0.39, 0.29) is 32.6 Å². The Hall–Kier alpha value is -5.15. The molecule has 0 aliphatic heterocycles. The van der Waals surface area contributed by atoms with Gasteiger partial charge in [0.2, 0.25) is 0 Å².